The Morgan fingerprint density at radius 2 is 1.62 bits per heavy atom. The number of hydrogen-bond acceptors (Lipinski definition) is 7. The lowest BCUT2D eigenvalue weighted by Crippen LogP contribution is -2.62. The van der Waals surface area contributed by atoms with Crippen LogP contribution < -0.4 is 10.6 Å². The van der Waals surface area contributed by atoms with Gasteiger partial charge in [-0.05, 0) is 90.3 Å². The van der Waals surface area contributed by atoms with Gasteiger partial charge in [-0.25, -0.2) is 9.59 Å². The van der Waals surface area contributed by atoms with Gasteiger partial charge in [0.15, 0.2) is 0 Å². The lowest BCUT2D eigenvalue weighted by molar-refractivity contribution is -0.117. The number of carbonyl (C=O) groups is 3. The fraction of sp³-hybridized carbons (Fsp3) is 0.500. The molecular formula is C40H52N4O6. The molecule has 0 bridgehead atoms. The van der Waals surface area contributed by atoms with E-state index in [0.717, 1.165) is 53.6 Å². The number of nitrogens with zero attached hydrogens (tertiary/aromatic N) is 2. The highest BCUT2D eigenvalue weighted by Gasteiger charge is 2.53. The van der Waals surface area contributed by atoms with E-state index in [0.29, 0.717) is 24.9 Å². The van der Waals surface area contributed by atoms with Crippen molar-refractivity contribution in [1.29, 1.82) is 0 Å². The molecule has 3 aromatic rings. The predicted molar refractivity (Wildman–Crippen MR) is 194 cm³/mol. The summed E-state index contributed by atoms with van der Waals surface area (Å²) in [6, 6.07) is 20.0. The summed E-state index contributed by atoms with van der Waals surface area (Å²) >= 11 is 0. The van der Waals surface area contributed by atoms with E-state index in [1.54, 1.807) is 13.1 Å². The molecule has 0 aliphatic heterocycles. The number of hydrogen-bond donors (Lipinski definition) is 3. The molecule has 268 valence electrons. The Bertz CT molecular complexity index is 1650. The van der Waals surface area contributed by atoms with Crippen LogP contribution in [0.15, 0.2) is 66.9 Å². The van der Waals surface area contributed by atoms with Gasteiger partial charge in [0.2, 0.25) is 5.91 Å². The van der Waals surface area contributed by atoms with Crippen molar-refractivity contribution in [2.45, 2.75) is 115 Å². The second kappa shape index (κ2) is 14.8. The first-order valence-electron chi connectivity index (χ1n) is 17.6. The molecule has 2 aromatic carbocycles. The topological polar surface area (TPSA) is 130 Å². The highest BCUT2D eigenvalue weighted by atomic mass is 16.6. The van der Waals surface area contributed by atoms with Gasteiger partial charge in [-0.3, -0.25) is 9.78 Å². The lowest BCUT2D eigenvalue weighted by Gasteiger charge is -2.52. The van der Waals surface area contributed by atoms with Crippen LogP contribution >= 0.6 is 0 Å². The van der Waals surface area contributed by atoms with Crippen molar-refractivity contribution in [1.82, 2.24) is 15.2 Å². The smallest absolute Gasteiger partial charge is 0.409 e. The normalized spacial score (nSPS) is 23.4. The number of pyridine rings is 1. The first-order chi connectivity index (χ1) is 23.6. The van der Waals surface area contributed by atoms with E-state index < -0.39 is 22.8 Å². The summed E-state index contributed by atoms with van der Waals surface area (Å²) in [5, 5.41) is 16.8. The first-order valence-corrected chi connectivity index (χ1v) is 17.6. The van der Waals surface area contributed by atoms with Crippen molar-refractivity contribution in [3.8, 4) is 22.4 Å². The zero-order valence-corrected chi connectivity index (χ0v) is 30.4. The number of anilines is 1. The number of amides is 3. The number of methoxy groups -OCH3 is 1. The maximum Gasteiger partial charge on any atom is 0.409 e. The van der Waals surface area contributed by atoms with E-state index in [1.807, 2.05) is 100 Å². The monoisotopic (exact) mass is 684 g/mol. The molecule has 2 aliphatic rings. The number of aromatic nitrogens is 1. The molecule has 2 saturated carbocycles. The third-order valence-electron chi connectivity index (χ3n) is 9.70. The van der Waals surface area contributed by atoms with Crippen molar-refractivity contribution in [3.05, 3.63) is 72.4 Å². The predicted octanol–water partition coefficient (Wildman–Crippen LogP) is 8.04. The summed E-state index contributed by atoms with van der Waals surface area (Å²) < 4.78 is 10.6. The second-order valence-corrected chi connectivity index (χ2v) is 15.5. The van der Waals surface area contributed by atoms with Gasteiger partial charge in [0.25, 0.3) is 0 Å². The molecule has 10 nitrogen and oxygen atoms in total. The molecule has 0 spiro atoms. The van der Waals surface area contributed by atoms with Crippen LogP contribution in [0, 0.1) is 5.92 Å². The number of nitrogens with one attached hydrogen (secondary N) is 2. The van der Waals surface area contributed by atoms with Crippen molar-refractivity contribution in [2.75, 3.05) is 12.4 Å². The van der Waals surface area contributed by atoms with Gasteiger partial charge in [0.1, 0.15) is 5.60 Å². The molecule has 3 amide bonds. The third-order valence-corrected chi connectivity index (χ3v) is 9.70. The third kappa shape index (κ3) is 8.82. The Hall–Kier alpha value is -4.44. The van der Waals surface area contributed by atoms with Crippen LogP contribution in [0.3, 0.4) is 0 Å². The molecule has 2 fully saturated rings. The highest BCUT2D eigenvalue weighted by molar-refractivity contribution is 5.93. The van der Waals surface area contributed by atoms with Crippen molar-refractivity contribution < 1.29 is 29.0 Å². The summed E-state index contributed by atoms with van der Waals surface area (Å²) in [5.74, 6) is 0.184. The lowest BCUT2D eigenvalue weighted by atomic mass is 9.62. The summed E-state index contributed by atoms with van der Waals surface area (Å²) in [4.78, 5) is 45.0. The Labute approximate surface area is 296 Å². The Kier molecular flexibility index (Phi) is 10.9. The summed E-state index contributed by atoms with van der Waals surface area (Å²) in [6.45, 7) is 11.2. The van der Waals surface area contributed by atoms with Gasteiger partial charge in [0.05, 0.1) is 35.8 Å². The maximum atomic E-state index is 13.2. The molecule has 0 radical (unpaired) electrons. The molecule has 50 heavy (non-hydrogen) atoms. The SMILES string of the molecule is COC(=O)N(C(C)C)C1CCC(CC(=O)Nc2cnc(-c3ccc(C4(NC(=O)OC(C)(C)C)CC(C)(O)C4)cc3)c(-c3ccccc3)c2)CC1. The van der Waals surface area contributed by atoms with Gasteiger partial charge >= 0.3 is 12.2 Å². The van der Waals surface area contributed by atoms with E-state index in [2.05, 4.69) is 10.6 Å². The van der Waals surface area contributed by atoms with Gasteiger partial charge in [-0.15, -0.1) is 0 Å². The fourth-order valence-electron chi connectivity index (χ4n) is 7.65. The average Bonchev–Trinajstić information content (AvgIpc) is 3.04. The van der Waals surface area contributed by atoms with Crippen LogP contribution in [0.1, 0.15) is 92.1 Å². The van der Waals surface area contributed by atoms with Crippen LogP contribution in [0.5, 0.6) is 0 Å². The van der Waals surface area contributed by atoms with Crippen LogP contribution in [0.25, 0.3) is 22.4 Å². The number of carbonyl (C=O) groups excluding carboxylic acids is 3. The van der Waals surface area contributed by atoms with Gasteiger partial charge in [-0.2, -0.15) is 0 Å². The molecule has 2 aliphatic carbocycles. The van der Waals surface area contributed by atoms with Crippen LogP contribution in [-0.4, -0.2) is 63.5 Å². The number of ether oxygens (including phenoxy) is 2. The maximum absolute atomic E-state index is 13.2. The van der Waals surface area contributed by atoms with Crippen LogP contribution in [-0.2, 0) is 19.8 Å². The number of rotatable bonds is 9. The summed E-state index contributed by atoms with van der Waals surface area (Å²) in [5.41, 5.74) is 2.69. The molecule has 3 N–H and O–H groups in total. The van der Waals surface area contributed by atoms with Gasteiger partial charge < -0.3 is 30.1 Å². The van der Waals surface area contributed by atoms with Gasteiger partial charge in [-0.1, -0.05) is 54.6 Å². The molecular weight excluding hydrogens is 632 g/mol. The largest absolute Gasteiger partial charge is 0.453 e. The average molecular weight is 685 g/mol. The minimum absolute atomic E-state index is 0.0534. The van der Waals surface area contributed by atoms with Crippen molar-refractivity contribution in [2.24, 2.45) is 5.92 Å². The molecule has 1 aromatic heterocycles. The highest BCUT2D eigenvalue weighted by Crippen LogP contribution is 2.49. The second-order valence-electron chi connectivity index (χ2n) is 15.5. The van der Waals surface area contributed by atoms with Crippen LogP contribution in [0.2, 0.25) is 0 Å². The van der Waals surface area contributed by atoms with E-state index in [-0.39, 0.29) is 30.0 Å². The molecule has 0 atom stereocenters. The zero-order valence-electron chi connectivity index (χ0n) is 30.4. The standard InChI is InChI=1S/C40H52N4O6/c1-26(2)44(37(47)49-7)32-19-13-27(14-20-32)21-34(45)42-31-22-33(28-11-9-8-10-12-28)35(41-23-31)29-15-17-30(18-16-29)40(24-39(6,48)25-40)43-36(46)50-38(3,4)5/h8-12,15-18,22-23,26-27,32,48H,13-14,19-21,24-25H2,1-7H3,(H,42,45)(H,43,46). The molecule has 0 unspecified atom stereocenters. The minimum atomic E-state index is -0.894. The summed E-state index contributed by atoms with van der Waals surface area (Å²) in [6.07, 6.45) is 5.43. The number of benzene rings is 2. The molecule has 10 heteroatoms. The van der Waals surface area contributed by atoms with E-state index in [1.165, 1.54) is 7.11 Å². The Balaban J connectivity index is 1.31. The zero-order chi connectivity index (χ0) is 36.3. The first kappa shape index (κ1) is 36.8. The fourth-order valence-corrected chi connectivity index (χ4v) is 7.65. The molecule has 1 heterocycles. The summed E-state index contributed by atoms with van der Waals surface area (Å²) in [7, 11) is 1.42. The van der Waals surface area contributed by atoms with E-state index >= 15 is 0 Å². The Morgan fingerprint density at radius 3 is 2.18 bits per heavy atom. The number of alkyl carbamates (subject to hydrolysis) is 1. The minimum Gasteiger partial charge on any atom is -0.453 e. The Morgan fingerprint density at radius 1 is 0.980 bits per heavy atom. The van der Waals surface area contributed by atoms with Crippen molar-refractivity contribution in [3.63, 3.8) is 0 Å². The van der Waals surface area contributed by atoms with Crippen LogP contribution in [0.4, 0.5) is 15.3 Å². The van der Waals surface area contributed by atoms with E-state index in [9.17, 15) is 19.5 Å². The van der Waals surface area contributed by atoms with Crippen molar-refractivity contribution >= 4 is 23.8 Å². The molecule has 5 rings (SSSR count). The quantitative estimate of drug-likeness (QED) is 0.208. The number of aliphatic hydroxyl groups is 1. The van der Waals surface area contributed by atoms with E-state index in [4.69, 9.17) is 14.5 Å². The van der Waals surface area contributed by atoms with Gasteiger partial charge in [0, 0.05) is 42.5 Å². The molecule has 0 saturated heterocycles.